The highest BCUT2D eigenvalue weighted by Crippen LogP contribution is 2.19. The van der Waals surface area contributed by atoms with Crippen molar-refractivity contribution in [2.24, 2.45) is 0 Å². The fourth-order valence-electron chi connectivity index (χ4n) is 3.29. The quantitative estimate of drug-likeness (QED) is 0.870. The van der Waals surface area contributed by atoms with Gasteiger partial charge in [0.15, 0.2) is 0 Å². The maximum Gasteiger partial charge on any atom is 0.238 e. The SMILES string of the molecule is Cc1ccccc1CN1CCN(CC(=O)Nc2ccc(Cl)cc2C)CC1. The zero-order valence-electron chi connectivity index (χ0n) is 15.5. The number of nitrogens with zero attached hydrogens (tertiary/aromatic N) is 2. The summed E-state index contributed by atoms with van der Waals surface area (Å²) in [7, 11) is 0. The van der Waals surface area contributed by atoms with Gasteiger partial charge >= 0.3 is 0 Å². The summed E-state index contributed by atoms with van der Waals surface area (Å²) in [6.45, 7) is 9.33. The van der Waals surface area contributed by atoms with E-state index in [1.807, 2.05) is 19.1 Å². The average molecular weight is 372 g/mol. The molecule has 2 aromatic rings. The number of anilines is 1. The van der Waals surface area contributed by atoms with Gasteiger partial charge in [0.1, 0.15) is 0 Å². The van der Waals surface area contributed by atoms with Gasteiger partial charge in [-0.1, -0.05) is 35.9 Å². The number of benzene rings is 2. The number of carbonyl (C=O) groups excluding carboxylic acids is 1. The van der Waals surface area contributed by atoms with Gasteiger partial charge in [-0.15, -0.1) is 0 Å². The van der Waals surface area contributed by atoms with E-state index in [9.17, 15) is 4.79 Å². The predicted molar refractivity (Wildman–Crippen MR) is 108 cm³/mol. The van der Waals surface area contributed by atoms with E-state index < -0.39 is 0 Å². The van der Waals surface area contributed by atoms with Crippen LogP contribution in [0.4, 0.5) is 5.69 Å². The van der Waals surface area contributed by atoms with Crippen molar-refractivity contribution in [1.29, 1.82) is 0 Å². The molecule has 4 nitrogen and oxygen atoms in total. The summed E-state index contributed by atoms with van der Waals surface area (Å²) in [6, 6.07) is 14.1. The minimum Gasteiger partial charge on any atom is -0.325 e. The van der Waals surface area contributed by atoms with Crippen molar-refractivity contribution in [1.82, 2.24) is 9.80 Å². The number of hydrogen-bond acceptors (Lipinski definition) is 3. The first kappa shape index (κ1) is 18.9. The summed E-state index contributed by atoms with van der Waals surface area (Å²) in [5.74, 6) is 0.0303. The van der Waals surface area contributed by atoms with Crippen LogP contribution < -0.4 is 5.32 Å². The van der Waals surface area contributed by atoms with Crippen LogP contribution in [0.5, 0.6) is 0 Å². The van der Waals surface area contributed by atoms with Crippen molar-refractivity contribution < 1.29 is 4.79 Å². The topological polar surface area (TPSA) is 35.6 Å². The number of halogens is 1. The minimum absolute atomic E-state index is 0.0303. The minimum atomic E-state index is 0.0303. The molecule has 1 aliphatic rings. The molecule has 1 saturated heterocycles. The molecule has 0 unspecified atom stereocenters. The molecule has 0 radical (unpaired) electrons. The van der Waals surface area contributed by atoms with E-state index in [1.54, 1.807) is 6.07 Å². The Morgan fingerprint density at radius 3 is 2.38 bits per heavy atom. The molecule has 0 spiro atoms. The summed E-state index contributed by atoms with van der Waals surface area (Å²) in [6.07, 6.45) is 0. The van der Waals surface area contributed by atoms with Crippen LogP contribution in [0, 0.1) is 13.8 Å². The largest absolute Gasteiger partial charge is 0.325 e. The Kier molecular flexibility index (Phi) is 6.30. The van der Waals surface area contributed by atoms with Crippen molar-refractivity contribution in [2.45, 2.75) is 20.4 Å². The van der Waals surface area contributed by atoms with Gasteiger partial charge in [-0.05, 0) is 48.7 Å². The fourth-order valence-corrected chi connectivity index (χ4v) is 3.52. The molecule has 0 bridgehead atoms. The van der Waals surface area contributed by atoms with Gasteiger partial charge in [0.25, 0.3) is 0 Å². The van der Waals surface area contributed by atoms with E-state index in [4.69, 9.17) is 11.6 Å². The van der Waals surface area contributed by atoms with Crippen molar-refractivity contribution in [3.8, 4) is 0 Å². The van der Waals surface area contributed by atoms with Crippen LogP contribution in [0.1, 0.15) is 16.7 Å². The molecule has 1 fully saturated rings. The van der Waals surface area contributed by atoms with Gasteiger partial charge in [0.2, 0.25) is 5.91 Å². The highest BCUT2D eigenvalue weighted by Gasteiger charge is 2.19. The zero-order valence-corrected chi connectivity index (χ0v) is 16.2. The van der Waals surface area contributed by atoms with Gasteiger partial charge in [-0.2, -0.15) is 0 Å². The number of piperazine rings is 1. The van der Waals surface area contributed by atoms with Crippen molar-refractivity contribution in [3.05, 3.63) is 64.2 Å². The molecule has 138 valence electrons. The van der Waals surface area contributed by atoms with Crippen molar-refractivity contribution in [2.75, 3.05) is 38.0 Å². The van der Waals surface area contributed by atoms with E-state index in [0.29, 0.717) is 11.6 Å². The third kappa shape index (κ3) is 5.07. The Morgan fingerprint density at radius 2 is 1.69 bits per heavy atom. The molecule has 1 heterocycles. The maximum absolute atomic E-state index is 12.3. The fraction of sp³-hybridized carbons (Fsp3) is 0.381. The van der Waals surface area contributed by atoms with Crippen LogP contribution in [0.2, 0.25) is 5.02 Å². The third-order valence-corrected chi connectivity index (χ3v) is 5.18. The molecule has 3 rings (SSSR count). The Labute approximate surface area is 160 Å². The molecule has 26 heavy (non-hydrogen) atoms. The molecule has 5 heteroatoms. The lowest BCUT2D eigenvalue weighted by molar-refractivity contribution is -0.117. The van der Waals surface area contributed by atoms with E-state index in [1.165, 1.54) is 11.1 Å². The van der Waals surface area contributed by atoms with Crippen LogP contribution in [-0.2, 0) is 11.3 Å². The Balaban J connectivity index is 1.46. The molecule has 1 N–H and O–H groups in total. The van der Waals surface area contributed by atoms with Crippen LogP contribution >= 0.6 is 11.6 Å². The molecule has 2 aromatic carbocycles. The second-order valence-electron chi connectivity index (χ2n) is 6.99. The normalized spacial score (nSPS) is 15.8. The highest BCUT2D eigenvalue weighted by molar-refractivity contribution is 6.30. The van der Waals surface area contributed by atoms with E-state index >= 15 is 0 Å². The van der Waals surface area contributed by atoms with Gasteiger partial charge in [-0.3, -0.25) is 14.6 Å². The number of nitrogens with one attached hydrogen (secondary N) is 1. The van der Waals surface area contributed by atoms with Crippen LogP contribution in [-0.4, -0.2) is 48.4 Å². The van der Waals surface area contributed by atoms with Crippen LogP contribution in [0.3, 0.4) is 0 Å². The number of aryl methyl sites for hydroxylation is 2. The Morgan fingerprint density at radius 1 is 1.00 bits per heavy atom. The first-order chi connectivity index (χ1) is 12.5. The Bertz CT molecular complexity index is 770. The molecule has 0 saturated carbocycles. The standard InChI is InChI=1S/C21H26ClN3O/c1-16-5-3-4-6-18(16)14-24-9-11-25(12-10-24)15-21(26)23-20-8-7-19(22)13-17(20)2/h3-8,13H,9-12,14-15H2,1-2H3,(H,23,26). The summed E-state index contributed by atoms with van der Waals surface area (Å²) in [5.41, 5.74) is 4.54. The van der Waals surface area contributed by atoms with Gasteiger partial charge < -0.3 is 5.32 Å². The smallest absolute Gasteiger partial charge is 0.238 e. The molecular weight excluding hydrogens is 346 g/mol. The number of hydrogen-bond donors (Lipinski definition) is 1. The van der Waals surface area contributed by atoms with E-state index in [0.717, 1.165) is 44.0 Å². The molecular formula is C21H26ClN3O. The predicted octanol–water partition coefficient (Wildman–Crippen LogP) is 3.71. The maximum atomic E-state index is 12.3. The van der Waals surface area contributed by atoms with Gasteiger partial charge in [0, 0.05) is 43.4 Å². The summed E-state index contributed by atoms with van der Waals surface area (Å²) < 4.78 is 0. The summed E-state index contributed by atoms with van der Waals surface area (Å²) >= 11 is 5.96. The van der Waals surface area contributed by atoms with E-state index in [2.05, 4.69) is 46.3 Å². The highest BCUT2D eigenvalue weighted by atomic mass is 35.5. The summed E-state index contributed by atoms with van der Waals surface area (Å²) in [4.78, 5) is 17.0. The zero-order chi connectivity index (χ0) is 18.5. The molecule has 1 amide bonds. The van der Waals surface area contributed by atoms with E-state index in [-0.39, 0.29) is 5.91 Å². The second-order valence-corrected chi connectivity index (χ2v) is 7.42. The third-order valence-electron chi connectivity index (χ3n) is 4.95. The molecule has 0 aromatic heterocycles. The first-order valence-electron chi connectivity index (χ1n) is 9.06. The molecule has 1 aliphatic heterocycles. The lowest BCUT2D eigenvalue weighted by Crippen LogP contribution is -2.48. The van der Waals surface area contributed by atoms with Crippen LogP contribution in [0.15, 0.2) is 42.5 Å². The molecule has 0 aliphatic carbocycles. The monoisotopic (exact) mass is 371 g/mol. The number of rotatable bonds is 5. The lowest BCUT2D eigenvalue weighted by atomic mass is 10.1. The van der Waals surface area contributed by atoms with Crippen molar-refractivity contribution >= 4 is 23.2 Å². The first-order valence-corrected chi connectivity index (χ1v) is 9.44. The number of carbonyl (C=O) groups is 1. The Hall–Kier alpha value is -1.88. The summed E-state index contributed by atoms with van der Waals surface area (Å²) in [5, 5.41) is 3.68. The lowest BCUT2D eigenvalue weighted by Gasteiger charge is -2.34. The van der Waals surface area contributed by atoms with Crippen LogP contribution in [0.25, 0.3) is 0 Å². The van der Waals surface area contributed by atoms with Crippen molar-refractivity contribution in [3.63, 3.8) is 0 Å². The number of amides is 1. The average Bonchev–Trinajstić information content (AvgIpc) is 2.61. The molecule has 0 atom stereocenters. The van der Waals surface area contributed by atoms with Gasteiger partial charge in [-0.25, -0.2) is 0 Å². The van der Waals surface area contributed by atoms with Gasteiger partial charge in [0.05, 0.1) is 6.54 Å². The second kappa shape index (κ2) is 8.67.